The van der Waals surface area contributed by atoms with Gasteiger partial charge in [-0.1, -0.05) is 26.7 Å². The molecular weight excluding hydrogens is 280 g/mol. The number of ether oxygens (including phenoxy) is 1. The number of hydrogen-bond donors (Lipinski definition) is 0. The third-order valence-corrected chi connectivity index (χ3v) is 4.57. The Morgan fingerprint density at radius 1 is 1.36 bits per heavy atom. The Bertz CT molecular complexity index is 384. The van der Waals surface area contributed by atoms with Crippen molar-refractivity contribution in [3.05, 3.63) is 0 Å². The van der Waals surface area contributed by atoms with Gasteiger partial charge in [-0.05, 0) is 18.8 Å². The molecule has 0 bridgehead atoms. The van der Waals surface area contributed by atoms with Crippen LogP contribution in [0.2, 0.25) is 0 Å². The number of nitrogens with zero attached hydrogens (tertiary/aromatic N) is 2. The highest BCUT2D eigenvalue weighted by Crippen LogP contribution is 2.16. The van der Waals surface area contributed by atoms with Crippen LogP contribution in [0.25, 0.3) is 0 Å². The second kappa shape index (κ2) is 8.51. The SMILES string of the molecule is CC(C)CCC[C@H]1CN(C(=O)CCN2CCCC2=O)CCO1. The first-order valence-corrected chi connectivity index (χ1v) is 8.73. The fourth-order valence-corrected chi connectivity index (χ4v) is 3.20. The Morgan fingerprint density at radius 3 is 2.86 bits per heavy atom. The third kappa shape index (κ3) is 5.27. The maximum absolute atomic E-state index is 12.3. The number of morpholine rings is 1. The molecule has 2 aliphatic rings. The van der Waals surface area contributed by atoms with Crippen molar-refractivity contribution < 1.29 is 14.3 Å². The standard InChI is InChI=1S/C17H30N2O3/c1-14(2)5-3-6-15-13-19(11-12-22-15)17(21)8-10-18-9-4-7-16(18)20/h14-15H,3-13H2,1-2H3/t15-/m0/s1. The molecule has 2 rings (SSSR count). The van der Waals surface area contributed by atoms with Crippen molar-refractivity contribution in [2.24, 2.45) is 5.92 Å². The predicted octanol–water partition coefficient (Wildman–Crippen LogP) is 2.05. The number of likely N-dealkylation sites (tertiary alicyclic amines) is 1. The molecule has 22 heavy (non-hydrogen) atoms. The average molecular weight is 310 g/mol. The second-order valence-electron chi connectivity index (χ2n) is 6.89. The van der Waals surface area contributed by atoms with Crippen LogP contribution in [0.5, 0.6) is 0 Å². The van der Waals surface area contributed by atoms with Crippen LogP contribution in [-0.4, -0.2) is 60.5 Å². The van der Waals surface area contributed by atoms with E-state index in [1.165, 1.54) is 6.42 Å². The zero-order valence-corrected chi connectivity index (χ0v) is 14.1. The van der Waals surface area contributed by atoms with Crippen LogP contribution in [0.4, 0.5) is 0 Å². The minimum absolute atomic E-state index is 0.164. The lowest BCUT2D eigenvalue weighted by Crippen LogP contribution is -2.46. The summed E-state index contributed by atoms with van der Waals surface area (Å²) in [5, 5.41) is 0. The quantitative estimate of drug-likeness (QED) is 0.723. The van der Waals surface area contributed by atoms with Gasteiger partial charge in [0.25, 0.3) is 0 Å². The summed E-state index contributed by atoms with van der Waals surface area (Å²) in [7, 11) is 0. The predicted molar refractivity (Wildman–Crippen MR) is 85.4 cm³/mol. The zero-order chi connectivity index (χ0) is 15.9. The van der Waals surface area contributed by atoms with E-state index in [9.17, 15) is 9.59 Å². The molecule has 5 heteroatoms. The van der Waals surface area contributed by atoms with Gasteiger partial charge in [-0.2, -0.15) is 0 Å². The van der Waals surface area contributed by atoms with Gasteiger partial charge in [0, 0.05) is 39.0 Å². The lowest BCUT2D eigenvalue weighted by Gasteiger charge is -2.33. The molecule has 0 aliphatic carbocycles. The Labute approximate surface area is 134 Å². The van der Waals surface area contributed by atoms with Gasteiger partial charge in [-0.15, -0.1) is 0 Å². The highest BCUT2D eigenvalue weighted by Gasteiger charge is 2.26. The molecule has 0 aromatic rings. The topological polar surface area (TPSA) is 49.9 Å². The Balaban J connectivity index is 1.69. The van der Waals surface area contributed by atoms with Crippen LogP contribution in [0, 0.1) is 5.92 Å². The van der Waals surface area contributed by atoms with E-state index in [0.29, 0.717) is 39.1 Å². The minimum atomic E-state index is 0.164. The van der Waals surface area contributed by atoms with E-state index >= 15 is 0 Å². The molecule has 2 aliphatic heterocycles. The smallest absolute Gasteiger partial charge is 0.224 e. The van der Waals surface area contributed by atoms with Crippen molar-refractivity contribution in [2.45, 2.75) is 58.5 Å². The Kier molecular flexibility index (Phi) is 6.68. The monoisotopic (exact) mass is 310 g/mol. The van der Waals surface area contributed by atoms with Gasteiger partial charge < -0.3 is 14.5 Å². The molecule has 5 nitrogen and oxygen atoms in total. The first-order valence-electron chi connectivity index (χ1n) is 8.73. The molecule has 0 aromatic heterocycles. The molecule has 2 amide bonds. The molecule has 1 atom stereocenters. The van der Waals surface area contributed by atoms with Crippen LogP contribution < -0.4 is 0 Å². The van der Waals surface area contributed by atoms with E-state index in [4.69, 9.17) is 4.74 Å². The van der Waals surface area contributed by atoms with Crippen LogP contribution in [0.3, 0.4) is 0 Å². The third-order valence-electron chi connectivity index (χ3n) is 4.57. The Hall–Kier alpha value is -1.10. The summed E-state index contributed by atoms with van der Waals surface area (Å²) >= 11 is 0. The van der Waals surface area contributed by atoms with Crippen molar-refractivity contribution in [1.82, 2.24) is 9.80 Å². The summed E-state index contributed by atoms with van der Waals surface area (Å²) in [4.78, 5) is 27.6. The lowest BCUT2D eigenvalue weighted by molar-refractivity contribution is -0.139. The zero-order valence-electron chi connectivity index (χ0n) is 14.1. The number of carbonyl (C=O) groups is 2. The first kappa shape index (κ1) is 17.3. The Morgan fingerprint density at radius 2 is 2.18 bits per heavy atom. The molecule has 0 N–H and O–H groups in total. The molecule has 2 heterocycles. The first-order chi connectivity index (χ1) is 10.6. The molecule has 0 radical (unpaired) electrons. The maximum Gasteiger partial charge on any atom is 0.224 e. The van der Waals surface area contributed by atoms with Crippen molar-refractivity contribution >= 4 is 11.8 Å². The highest BCUT2D eigenvalue weighted by atomic mass is 16.5. The lowest BCUT2D eigenvalue weighted by atomic mass is 10.0. The number of hydrogen-bond acceptors (Lipinski definition) is 3. The van der Waals surface area contributed by atoms with Crippen molar-refractivity contribution in [1.29, 1.82) is 0 Å². The summed E-state index contributed by atoms with van der Waals surface area (Å²) < 4.78 is 5.78. The van der Waals surface area contributed by atoms with Gasteiger partial charge in [0.15, 0.2) is 0 Å². The molecule has 2 saturated heterocycles. The molecule has 0 spiro atoms. The fourth-order valence-electron chi connectivity index (χ4n) is 3.20. The second-order valence-corrected chi connectivity index (χ2v) is 6.89. The van der Waals surface area contributed by atoms with Gasteiger partial charge >= 0.3 is 0 Å². The summed E-state index contributed by atoms with van der Waals surface area (Å²) in [6.07, 6.45) is 5.62. The molecule has 2 fully saturated rings. The van der Waals surface area contributed by atoms with E-state index in [1.54, 1.807) is 0 Å². The number of rotatable bonds is 7. The van der Waals surface area contributed by atoms with E-state index in [-0.39, 0.29) is 17.9 Å². The van der Waals surface area contributed by atoms with Gasteiger partial charge in [-0.25, -0.2) is 0 Å². The van der Waals surface area contributed by atoms with Crippen molar-refractivity contribution in [2.75, 3.05) is 32.8 Å². The van der Waals surface area contributed by atoms with E-state index < -0.39 is 0 Å². The molecule has 0 aromatic carbocycles. The van der Waals surface area contributed by atoms with Crippen LogP contribution in [-0.2, 0) is 14.3 Å². The summed E-state index contributed by atoms with van der Waals surface area (Å²) in [6, 6.07) is 0. The van der Waals surface area contributed by atoms with Gasteiger partial charge in [0.05, 0.1) is 12.7 Å². The van der Waals surface area contributed by atoms with E-state index in [1.807, 2.05) is 9.80 Å². The fraction of sp³-hybridized carbons (Fsp3) is 0.882. The minimum Gasteiger partial charge on any atom is -0.375 e. The van der Waals surface area contributed by atoms with Crippen LogP contribution >= 0.6 is 0 Å². The van der Waals surface area contributed by atoms with Crippen LogP contribution in [0.15, 0.2) is 0 Å². The average Bonchev–Trinajstić information content (AvgIpc) is 2.90. The largest absolute Gasteiger partial charge is 0.375 e. The molecule has 0 saturated carbocycles. The maximum atomic E-state index is 12.3. The van der Waals surface area contributed by atoms with Crippen LogP contribution in [0.1, 0.15) is 52.4 Å². The summed E-state index contributed by atoms with van der Waals surface area (Å²) in [5.41, 5.74) is 0. The van der Waals surface area contributed by atoms with Gasteiger partial charge in [-0.3, -0.25) is 9.59 Å². The van der Waals surface area contributed by atoms with Crippen molar-refractivity contribution in [3.63, 3.8) is 0 Å². The number of amides is 2. The molecular formula is C17H30N2O3. The number of carbonyl (C=O) groups excluding carboxylic acids is 2. The van der Waals surface area contributed by atoms with E-state index in [2.05, 4.69) is 13.8 Å². The highest BCUT2D eigenvalue weighted by molar-refractivity contribution is 5.80. The summed E-state index contributed by atoms with van der Waals surface area (Å²) in [5.74, 6) is 1.08. The van der Waals surface area contributed by atoms with E-state index in [0.717, 1.165) is 31.7 Å². The molecule has 0 unspecified atom stereocenters. The van der Waals surface area contributed by atoms with Crippen molar-refractivity contribution in [3.8, 4) is 0 Å². The normalized spacial score (nSPS) is 22.7. The summed E-state index contributed by atoms with van der Waals surface area (Å²) in [6.45, 7) is 7.90. The van der Waals surface area contributed by atoms with Gasteiger partial charge in [0.2, 0.25) is 11.8 Å². The molecule has 126 valence electrons. The van der Waals surface area contributed by atoms with Gasteiger partial charge in [0.1, 0.15) is 0 Å².